The van der Waals surface area contributed by atoms with Crippen molar-refractivity contribution in [2.75, 3.05) is 0 Å². The monoisotopic (exact) mass is 421 g/mol. The van der Waals surface area contributed by atoms with Crippen molar-refractivity contribution in [3.63, 3.8) is 0 Å². The first-order valence-corrected chi connectivity index (χ1v) is 9.75. The lowest BCUT2D eigenvalue weighted by atomic mass is 10.2. The van der Waals surface area contributed by atoms with E-state index < -0.39 is 11.5 Å². The molecule has 3 aromatic heterocycles. The largest absolute Gasteiger partial charge is 0.345 e. The average Bonchev–Trinajstić information content (AvgIpc) is 3.11. The number of aromatic amines is 1. The first kappa shape index (κ1) is 17.8. The maximum atomic E-state index is 14.1. The van der Waals surface area contributed by atoms with E-state index in [0.29, 0.717) is 31.8 Å². The second-order valence-electron chi connectivity index (χ2n) is 5.34. The number of halogens is 2. The van der Waals surface area contributed by atoms with Gasteiger partial charge in [0.2, 0.25) is 0 Å². The number of hydrogen-bond donors (Lipinski definition) is 1. The minimum Gasteiger partial charge on any atom is -0.311 e. The maximum absolute atomic E-state index is 14.1. The zero-order chi connectivity index (χ0) is 19.0. The molecule has 1 aromatic carbocycles. The van der Waals surface area contributed by atoms with Crippen LogP contribution in [0.4, 0.5) is 4.39 Å². The summed E-state index contributed by atoms with van der Waals surface area (Å²) in [6.07, 6.45) is 2.65. The van der Waals surface area contributed by atoms with Crippen molar-refractivity contribution in [3.05, 3.63) is 73.3 Å². The summed E-state index contributed by atoms with van der Waals surface area (Å²) in [5, 5.41) is 0.612. The molecule has 0 amide bonds. The molecule has 4 rings (SSSR count). The number of aromatic nitrogens is 5. The van der Waals surface area contributed by atoms with Gasteiger partial charge in [-0.05, 0) is 17.7 Å². The molecule has 0 spiro atoms. The van der Waals surface area contributed by atoms with Crippen molar-refractivity contribution in [1.82, 2.24) is 24.5 Å². The predicted molar refractivity (Wildman–Crippen MR) is 102 cm³/mol. The van der Waals surface area contributed by atoms with Crippen LogP contribution in [0.3, 0.4) is 0 Å². The van der Waals surface area contributed by atoms with Crippen LogP contribution in [-0.4, -0.2) is 24.5 Å². The van der Waals surface area contributed by atoms with E-state index >= 15 is 0 Å². The van der Waals surface area contributed by atoms with Gasteiger partial charge < -0.3 is 4.98 Å². The Hall–Kier alpha value is -2.56. The number of fused-ring (bicyclic) bond motifs is 1. The number of hydrogen-bond acceptors (Lipinski definition) is 7. The molecule has 4 aromatic rings. The van der Waals surface area contributed by atoms with Gasteiger partial charge in [-0.1, -0.05) is 29.4 Å². The SMILES string of the molecule is O=c1ncc(-n2c(SCc3ccc(Cl)cc3F)nc3ncsc3c2=O)c[nH]1. The van der Waals surface area contributed by atoms with E-state index in [1.807, 2.05) is 0 Å². The smallest absolute Gasteiger partial charge is 0.311 e. The van der Waals surface area contributed by atoms with Gasteiger partial charge in [0.25, 0.3) is 5.56 Å². The van der Waals surface area contributed by atoms with Gasteiger partial charge >= 0.3 is 5.69 Å². The summed E-state index contributed by atoms with van der Waals surface area (Å²) in [6, 6.07) is 4.40. The van der Waals surface area contributed by atoms with Crippen molar-refractivity contribution in [2.24, 2.45) is 0 Å². The fourth-order valence-electron chi connectivity index (χ4n) is 2.36. The summed E-state index contributed by atoms with van der Waals surface area (Å²) in [4.78, 5) is 38.7. The van der Waals surface area contributed by atoms with Crippen molar-refractivity contribution in [2.45, 2.75) is 10.9 Å². The van der Waals surface area contributed by atoms with Gasteiger partial charge in [-0.15, -0.1) is 11.3 Å². The Kier molecular flexibility index (Phi) is 4.77. The lowest BCUT2D eigenvalue weighted by molar-refractivity contribution is 0.617. The minimum absolute atomic E-state index is 0.224. The molecule has 11 heteroatoms. The number of benzene rings is 1. The van der Waals surface area contributed by atoms with Crippen LogP contribution in [0, 0.1) is 5.82 Å². The lowest BCUT2D eigenvalue weighted by Gasteiger charge is -2.11. The van der Waals surface area contributed by atoms with E-state index in [0.717, 1.165) is 0 Å². The Morgan fingerprint density at radius 2 is 2.15 bits per heavy atom. The summed E-state index contributed by atoms with van der Waals surface area (Å²) in [5.74, 6) is -0.216. The van der Waals surface area contributed by atoms with Crippen molar-refractivity contribution < 1.29 is 4.39 Å². The quantitative estimate of drug-likeness (QED) is 0.402. The molecule has 0 radical (unpaired) electrons. The zero-order valence-corrected chi connectivity index (χ0v) is 15.7. The van der Waals surface area contributed by atoms with E-state index in [1.165, 1.54) is 51.6 Å². The minimum atomic E-state index is -0.531. The van der Waals surface area contributed by atoms with Gasteiger partial charge in [0.15, 0.2) is 10.8 Å². The molecule has 0 aliphatic heterocycles. The van der Waals surface area contributed by atoms with Crippen LogP contribution in [0.5, 0.6) is 0 Å². The summed E-state index contributed by atoms with van der Waals surface area (Å²) in [5.41, 5.74) is 1.75. The van der Waals surface area contributed by atoms with E-state index in [1.54, 1.807) is 12.1 Å². The van der Waals surface area contributed by atoms with Gasteiger partial charge in [0.1, 0.15) is 10.5 Å². The molecule has 136 valence electrons. The lowest BCUT2D eigenvalue weighted by Crippen LogP contribution is -2.22. The van der Waals surface area contributed by atoms with E-state index in [2.05, 4.69) is 19.9 Å². The summed E-state index contributed by atoms with van der Waals surface area (Å²) >= 11 is 8.11. The highest BCUT2D eigenvalue weighted by Gasteiger charge is 2.16. The molecule has 1 N–H and O–H groups in total. The standard InChI is InChI=1S/C16H9ClFN5O2S2/c17-9-2-1-8(11(18)3-9)6-26-16-22-13-12(27-7-21-13)14(24)23(16)10-4-19-15(25)20-5-10/h1-5,7H,6H2,(H,19,20,25). The third kappa shape index (κ3) is 3.51. The van der Waals surface area contributed by atoms with E-state index in [9.17, 15) is 14.0 Å². The van der Waals surface area contributed by atoms with Crippen LogP contribution >= 0.6 is 34.7 Å². The highest BCUT2D eigenvalue weighted by atomic mass is 35.5. The first-order valence-electron chi connectivity index (χ1n) is 7.51. The Morgan fingerprint density at radius 3 is 2.89 bits per heavy atom. The Balaban J connectivity index is 1.81. The van der Waals surface area contributed by atoms with Crippen LogP contribution in [0.25, 0.3) is 16.0 Å². The summed E-state index contributed by atoms with van der Waals surface area (Å²) < 4.78 is 15.8. The molecule has 0 atom stereocenters. The fraction of sp³-hybridized carbons (Fsp3) is 0.0625. The second-order valence-corrected chi connectivity index (χ2v) is 7.58. The van der Waals surface area contributed by atoms with Crippen molar-refractivity contribution >= 4 is 45.0 Å². The number of nitrogens with zero attached hydrogens (tertiary/aromatic N) is 4. The van der Waals surface area contributed by atoms with Gasteiger partial charge in [-0.3, -0.25) is 9.36 Å². The molecule has 27 heavy (non-hydrogen) atoms. The highest BCUT2D eigenvalue weighted by Crippen LogP contribution is 2.26. The molecular weight excluding hydrogens is 413 g/mol. The molecule has 0 saturated carbocycles. The number of thioether (sulfide) groups is 1. The van der Waals surface area contributed by atoms with Crippen LogP contribution in [-0.2, 0) is 5.75 Å². The van der Waals surface area contributed by atoms with Crippen molar-refractivity contribution in [1.29, 1.82) is 0 Å². The molecular formula is C16H9ClFN5O2S2. The molecule has 0 fully saturated rings. The highest BCUT2D eigenvalue weighted by molar-refractivity contribution is 7.98. The fourth-order valence-corrected chi connectivity index (χ4v) is 4.16. The third-order valence-corrected chi connectivity index (χ3v) is 5.65. The Bertz CT molecular complexity index is 1250. The van der Waals surface area contributed by atoms with Gasteiger partial charge in [-0.25, -0.2) is 19.2 Å². The van der Waals surface area contributed by atoms with E-state index in [-0.39, 0.29) is 11.3 Å². The third-order valence-electron chi connectivity index (χ3n) is 3.63. The first-order chi connectivity index (χ1) is 13.0. The molecule has 0 bridgehead atoms. The van der Waals surface area contributed by atoms with Gasteiger partial charge in [0.05, 0.1) is 17.4 Å². The van der Waals surface area contributed by atoms with Crippen LogP contribution < -0.4 is 11.2 Å². The Labute approximate surface area is 163 Å². The van der Waals surface area contributed by atoms with Crippen molar-refractivity contribution in [3.8, 4) is 5.69 Å². The molecule has 0 unspecified atom stereocenters. The number of rotatable bonds is 4. The van der Waals surface area contributed by atoms with Gasteiger partial charge in [-0.2, -0.15) is 4.98 Å². The summed E-state index contributed by atoms with van der Waals surface area (Å²) in [7, 11) is 0. The topological polar surface area (TPSA) is 93.5 Å². The van der Waals surface area contributed by atoms with Crippen LogP contribution in [0.15, 0.2) is 50.8 Å². The second kappa shape index (κ2) is 7.22. The number of nitrogens with one attached hydrogen (secondary N) is 1. The van der Waals surface area contributed by atoms with Crippen LogP contribution in [0.2, 0.25) is 5.02 Å². The number of thiazole rings is 1. The molecule has 0 saturated heterocycles. The molecule has 0 aliphatic carbocycles. The maximum Gasteiger partial charge on any atom is 0.345 e. The normalized spacial score (nSPS) is 11.2. The summed E-state index contributed by atoms with van der Waals surface area (Å²) in [6.45, 7) is 0. The molecule has 0 aliphatic rings. The van der Waals surface area contributed by atoms with Gasteiger partial charge in [0, 0.05) is 17.0 Å². The number of H-pyrrole nitrogens is 1. The Morgan fingerprint density at radius 1 is 1.30 bits per heavy atom. The average molecular weight is 422 g/mol. The predicted octanol–water partition coefficient (Wildman–Crippen LogP) is 3.01. The van der Waals surface area contributed by atoms with Crippen LogP contribution in [0.1, 0.15) is 5.56 Å². The zero-order valence-electron chi connectivity index (χ0n) is 13.3. The molecule has 3 heterocycles. The molecule has 7 nitrogen and oxygen atoms in total. The van der Waals surface area contributed by atoms with E-state index in [4.69, 9.17) is 11.6 Å².